The molecule has 0 spiro atoms. The van der Waals surface area contributed by atoms with Crippen LogP contribution in [0.4, 0.5) is 13.2 Å². The van der Waals surface area contributed by atoms with Crippen LogP contribution >= 0.6 is 0 Å². The molecule has 0 amide bonds. The van der Waals surface area contributed by atoms with Crippen molar-refractivity contribution in [1.29, 1.82) is 5.26 Å². The van der Waals surface area contributed by atoms with Crippen LogP contribution in [0.3, 0.4) is 0 Å². The van der Waals surface area contributed by atoms with E-state index in [9.17, 15) is 13.2 Å². The molecule has 20 heavy (non-hydrogen) atoms. The molecule has 0 unspecified atom stereocenters. The van der Waals surface area contributed by atoms with Crippen molar-refractivity contribution in [3.63, 3.8) is 0 Å². The fraction of sp³-hybridized carbons (Fsp3) is 0.133. The Morgan fingerprint density at radius 1 is 1.05 bits per heavy atom. The van der Waals surface area contributed by atoms with Crippen LogP contribution in [0.25, 0.3) is 0 Å². The van der Waals surface area contributed by atoms with E-state index in [-0.39, 0.29) is 17.1 Å². The molecule has 0 saturated heterocycles. The molecule has 0 saturated carbocycles. The molecule has 0 fully saturated rings. The third kappa shape index (κ3) is 2.91. The molecule has 2 aromatic rings. The van der Waals surface area contributed by atoms with E-state index in [2.05, 4.69) is 0 Å². The zero-order chi connectivity index (χ0) is 14.8. The van der Waals surface area contributed by atoms with Crippen molar-refractivity contribution in [3.8, 4) is 17.6 Å². The highest BCUT2D eigenvalue weighted by Crippen LogP contribution is 2.38. The molecule has 0 aliphatic carbocycles. The van der Waals surface area contributed by atoms with E-state index in [1.54, 1.807) is 19.1 Å². The summed E-state index contributed by atoms with van der Waals surface area (Å²) in [4.78, 5) is 0. The van der Waals surface area contributed by atoms with Crippen LogP contribution in [0.5, 0.6) is 11.5 Å². The van der Waals surface area contributed by atoms with Gasteiger partial charge in [0.1, 0.15) is 17.6 Å². The Bertz CT molecular complexity index is 672. The van der Waals surface area contributed by atoms with Gasteiger partial charge in [0.25, 0.3) is 0 Å². The zero-order valence-electron chi connectivity index (χ0n) is 10.5. The first-order chi connectivity index (χ1) is 9.41. The Morgan fingerprint density at radius 2 is 1.75 bits per heavy atom. The van der Waals surface area contributed by atoms with Gasteiger partial charge in [0.15, 0.2) is 0 Å². The van der Waals surface area contributed by atoms with Gasteiger partial charge in [-0.1, -0.05) is 18.2 Å². The van der Waals surface area contributed by atoms with E-state index < -0.39 is 11.7 Å². The monoisotopic (exact) mass is 277 g/mol. The number of hydrogen-bond acceptors (Lipinski definition) is 2. The number of alkyl halides is 3. The first-order valence-electron chi connectivity index (χ1n) is 5.76. The van der Waals surface area contributed by atoms with Gasteiger partial charge in [-0.25, -0.2) is 0 Å². The summed E-state index contributed by atoms with van der Waals surface area (Å²) in [6.45, 7) is 1.79. The number of ether oxygens (including phenoxy) is 1. The molecule has 0 N–H and O–H groups in total. The number of aryl methyl sites for hydroxylation is 1. The van der Waals surface area contributed by atoms with E-state index >= 15 is 0 Å². The van der Waals surface area contributed by atoms with Crippen LogP contribution in [0.1, 0.15) is 16.7 Å². The molecule has 102 valence electrons. The van der Waals surface area contributed by atoms with Crippen molar-refractivity contribution in [2.75, 3.05) is 0 Å². The molecule has 0 aliphatic rings. The standard InChI is InChI=1S/C15H10F3NO/c1-10-6-7-13(11(8-10)9-19)20-14-5-3-2-4-12(14)15(16,17)18/h2-8H,1H3. The molecule has 0 bridgehead atoms. The van der Waals surface area contributed by atoms with Crippen LogP contribution in [0.2, 0.25) is 0 Å². The lowest BCUT2D eigenvalue weighted by molar-refractivity contribution is -0.138. The fourth-order valence-electron chi connectivity index (χ4n) is 1.73. The lowest BCUT2D eigenvalue weighted by atomic mass is 10.1. The quantitative estimate of drug-likeness (QED) is 0.798. The molecule has 0 atom stereocenters. The molecule has 0 aliphatic heterocycles. The molecular weight excluding hydrogens is 267 g/mol. The summed E-state index contributed by atoms with van der Waals surface area (Å²) in [6.07, 6.45) is -4.51. The normalized spacial score (nSPS) is 10.9. The number of rotatable bonds is 2. The molecule has 5 heteroatoms. The molecule has 0 heterocycles. The number of para-hydroxylation sites is 1. The maximum absolute atomic E-state index is 12.9. The summed E-state index contributed by atoms with van der Waals surface area (Å²) < 4.78 is 43.8. The van der Waals surface area contributed by atoms with E-state index in [1.807, 2.05) is 6.07 Å². The summed E-state index contributed by atoms with van der Waals surface area (Å²) in [5.41, 5.74) is 0.157. The maximum Gasteiger partial charge on any atom is 0.419 e. The number of halogens is 3. The Kier molecular flexibility index (Phi) is 3.66. The van der Waals surface area contributed by atoms with E-state index in [4.69, 9.17) is 10.00 Å². The number of nitriles is 1. The van der Waals surface area contributed by atoms with Crippen LogP contribution in [-0.2, 0) is 6.18 Å². The first kappa shape index (κ1) is 13.9. The molecule has 2 aromatic carbocycles. The maximum atomic E-state index is 12.9. The third-order valence-electron chi connectivity index (χ3n) is 2.67. The Balaban J connectivity index is 2.44. The first-order valence-corrected chi connectivity index (χ1v) is 5.76. The minimum absolute atomic E-state index is 0.106. The van der Waals surface area contributed by atoms with E-state index in [0.717, 1.165) is 11.6 Å². The van der Waals surface area contributed by atoms with Crippen LogP contribution in [-0.4, -0.2) is 0 Å². The predicted molar refractivity (Wildman–Crippen MR) is 67.4 cm³/mol. The second kappa shape index (κ2) is 5.25. The highest BCUT2D eigenvalue weighted by Gasteiger charge is 2.34. The largest absolute Gasteiger partial charge is 0.455 e. The van der Waals surface area contributed by atoms with Crippen molar-refractivity contribution >= 4 is 0 Å². The van der Waals surface area contributed by atoms with Crippen molar-refractivity contribution in [1.82, 2.24) is 0 Å². The van der Waals surface area contributed by atoms with Gasteiger partial charge in [-0.2, -0.15) is 18.4 Å². The SMILES string of the molecule is Cc1ccc(Oc2ccccc2C(F)(F)F)c(C#N)c1. The smallest absolute Gasteiger partial charge is 0.419 e. The highest BCUT2D eigenvalue weighted by atomic mass is 19.4. The van der Waals surface area contributed by atoms with Crippen LogP contribution < -0.4 is 4.74 Å². The number of benzene rings is 2. The lowest BCUT2D eigenvalue weighted by Gasteiger charge is -2.14. The number of nitrogens with zero attached hydrogens (tertiary/aromatic N) is 1. The Hall–Kier alpha value is -2.48. The molecule has 2 rings (SSSR count). The molecule has 0 radical (unpaired) electrons. The molecular formula is C15H10F3NO. The van der Waals surface area contributed by atoms with Crippen molar-refractivity contribution < 1.29 is 17.9 Å². The fourth-order valence-corrected chi connectivity index (χ4v) is 1.73. The van der Waals surface area contributed by atoms with Gasteiger partial charge in [-0.15, -0.1) is 0 Å². The van der Waals surface area contributed by atoms with E-state index in [1.165, 1.54) is 24.3 Å². The zero-order valence-corrected chi connectivity index (χ0v) is 10.5. The summed E-state index contributed by atoms with van der Waals surface area (Å²) in [5, 5.41) is 9.00. The Morgan fingerprint density at radius 3 is 2.40 bits per heavy atom. The lowest BCUT2D eigenvalue weighted by Crippen LogP contribution is -2.07. The van der Waals surface area contributed by atoms with Gasteiger partial charge in [0.2, 0.25) is 0 Å². The summed E-state index contributed by atoms with van der Waals surface area (Å²) in [5.74, 6) is -0.213. The predicted octanol–water partition coefficient (Wildman–Crippen LogP) is 4.68. The topological polar surface area (TPSA) is 33.0 Å². The van der Waals surface area contributed by atoms with E-state index in [0.29, 0.717) is 0 Å². The molecule has 0 aromatic heterocycles. The van der Waals surface area contributed by atoms with Crippen molar-refractivity contribution in [3.05, 3.63) is 59.2 Å². The number of hydrogen-bond donors (Lipinski definition) is 0. The summed E-state index contributed by atoms with van der Waals surface area (Å²) in [6, 6.07) is 11.5. The summed E-state index contributed by atoms with van der Waals surface area (Å²) in [7, 11) is 0. The van der Waals surface area contributed by atoms with Crippen LogP contribution in [0.15, 0.2) is 42.5 Å². The average Bonchev–Trinajstić information content (AvgIpc) is 2.40. The third-order valence-corrected chi connectivity index (χ3v) is 2.67. The van der Waals surface area contributed by atoms with Gasteiger partial charge in [-0.05, 0) is 36.8 Å². The van der Waals surface area contributed by atoms with Crippen LogP contribution in [0, 0.1) is 18.3 Å². The second-order valence-corrected chi connectivity index (χ2v) is 4.21. The minimum atomic E-state index is -4.51. The van der Waals surface area contributed by atoms with Gasteiger partial charge >= 0.3 is 6.18 Å². The minimum Gasteiger partial charge on any atom is -0.455 e. The highest BCUT2D eigenvalue weighted by molar-refractivity contribution is 5.48. The van der Waals surface area contributed by atoms with Gasteiger partial charge in [0.05, 0.1) is 11.1 Å². The van der Waals surface area contributed by atoms with Crippen molar-refractivity contribution in [2.45, 2.75) is 13.1 Å². The van der Waals surface area contributed by atoms with Gasteiger partial charge < -0.3 is 4.74 Å². The summed E-state index contributed by atoms with van der Waals surface area (Å²) >= 11 is 0. The second-order valence-electron chi connectivity index (χ2n) is 4.21. The van der Waals surface area contributed by atoms with Gasteiger partial charge in [-0.3, -0.25) is 0 Å². The molecule has 2 nitrogen and oxygen atoms in total. The average molecular weight is 277 g/mol. The van der Waals surface area contributed by atoms with Crippen molar-refractivity contribution in [2.24, 2.45) is 0 Å². The Labute approximate surface area is 114 Å². The van der Waals surface area contributed by atoms with Gasteiger partial charge in [0, 0.05) is 0 Å².